The molecule has 1 aromatic rings. The van der Waals surface area contributed by atoms with Gasteiger partial charge in [0.1, 0.15) is 21.5 Å². The minimum absolute atomic E-state index is 0.259. The largest absolute Gasteiger partial charge is 0.405 e. The highest BCUT2D eigenvalue weighted by Gasteiger charge is 2.21. The lowest BCUT2D eigenvalue weighted by Crippen LogP contribution is -2.27. The van der Waals surface area contributed by atoms with Crippen LogP contribution in [0.3, 0.4) is 0 Å². The summed E-state index contributed by atoms with van der Waals surface area (Å²) >= 11 is 0. The average molecular weight is 182 g/mol. The standard InChI is InChI=1S/C7H3B2F3O/c8-7(9,13)3-1-5(11)6(12)2-4(3)10/h1-2,13H. The number of benzene rings is 1. The molecule has 0 unspecified atom stereocenters. The summed E-state index contributed by atoms with van der Waals surface area (Å²) in [7, 11) is 9.76. The first-order valence-corrected chi connectivity index (χ1v) is 3.27. The zero-order valence-corrected chi connectivity index (χ0v) is 6.39. The van der Waals surface area contributed by atoms with Gasteiger partial charge in [-0.25, -0.2) is 13.2 Å². The van der Waals surface area contributed by atoms with E-state index in [0.29, 0.717) is 6.07 Å². The fourth-order valence-electron chi connectivity index (χ4n) is 0.829. The zero-order valence-electron chi connectivity index (χ0n) is 6.39. The molecule has 0 saturated heterocycles. The zero-order chi connectivity index (χ0) is 10.2. The summed E-state index contributed by atoms with van der Waals surface area (Å²) in [6, 6.07) is 0.667. The van der Waals surface area contributed by atoms with Crippen molar-refractivity contribution in [2.45, 2.75) is 5.40 Å². The molecule has 4 radical (unpaired) electrons. The molecule has 0 heterocycles. The van der Waals surface area contributed by atoms with E-state index in [2.05, 4.69) is 0 Å². The van der Waals surface area contributed by atoms with E-state index < -0.39 is 28.4 Å². The topological polar surface area (TPSA) is 20.2 Å². The third-order valence-electron chi connectivity index (χ3n) is 1.44. The van der Waals surface area contributed by atoms with E-state index in [9.17, 15) is 13.2 Å². The minimum Gasteiger partial charge on any atom is -0.405 e. The quantitative estimate of drug-likeness (QED) is 0.496. The summed E-state index contributed by atoms with van der Waals surface area (Å²) in [5.41, 5.74) is -0.702. The van der Waals surface area contributed by atoms with Gasteiger partial charge in [0.15, 0.2) is 11.6 Å². The second-order valence-corrected chi connectivity index (χ2v) is 2.57. The first-order chi connectivity index (χ1) is 5.82. The van der Waals surface area contributed by atoms with Gasteiger partial charge < -0.3 is 5.11 Å². The van der Waals surface area contributed by atoms with Gasteiger partial charge >= 0.3 is 0 Å². The molecule has 1 rings (SSSR count). The molecule has 0 bridgehead atoms. The van der Waals surface area contributed by atoms with Crippen LogP contribution >= 0.6 is 0 Å². The third kappa shape index (κ3) is 2.06. The van der Waals surface area contributed by atoms with E-state index in [1.165, 1.54) is 0 Å². The van der Waals surface area contributed by atoms with Gasteiger partial charge in [-0.3, -0.25) is 0 Å². The molecule has 64 valence electrons. The summed E-state index contributed by atoms with van der Waals surface area (Å²) in [5, 5.41) is 6.40. The number of aliphatic hydroxyl groups is 1. The van der Waals surface area contributed by atoms with Crippen LogP contribution in [0.1, 0.15) is 5.56 Å². The molecule has 0 spiro atoms. The summed E-state index contributed by atoms with van der Waals surface area (Å²) < 4.78 is 37.7. The Balaban J connectivity index is 3.32. The Labute approximate surface area is 75.4 Å². The van der Waals surface area contributed by atoms with Crippen molar-refractivity contribution in [3.63, 3.8) is 0 Å². The Bertz CT molecular complexity index is 335. The van der Waals surface area contributed by atoms with Gasteiger partial charge in [-0.1, -0.05) is 0 Å². The molecule has 1 aromatic carbocycles. The van der Waals surface area contributed by atoms with Crippen molar-refractivity contribution >= 4 is 15.7 Å². The molecule has 1 nitrogen and oxygen atoms in total. The van der Waals surface area contributed by atoms with Gasteiger partial charge in [-0.05, 0) is 6.07 Å². The summed E-state index contributed by atoms with van der Waals surface area (Å²) in [6.07, 6.45) is 0. The molecule has 0 aliphatic heterocycles. The van der Waals surface area contributed by atoms with Crippen molar-refractivity contribution in [3.05, 3.63) is 35.1 Å². The number of hydrogen-bond donors (Lipinski definition) is 1. The fraction of sp³-hybridized carbons (Fsp3) is 0.143. The molecule has 0 aliphatic carbocycles. The highest BCUT2D eigenvalue weighted by atomic mass is 19.2. The predicted octanol–water partition coefficient (Wildman–Crippen LogP) is 0.544. The molecule has 6 heteroatoms. The van der Waals surface area contributed by atoms with Crippen LogP contribution in [-0.4, -0.2) is 20.8 Å². The van der Waals surface area contributed by atoms with Crippen molar-refractivity contribution in [3.8, 4) is 0 Å². The van der Waals surface area contributed by atoms with Crippen molar-refractivity contribution in [2.75, 3.05) is 0 Å². The van der Waals surface area contributed by atoms with E-state index in [4.69, 9.17) is 20.8 Å². The Morgan fingerprint density at radius 2 is 1.46 bits per heavy atom. The van der Waals surface area contributed by atoms with Crippen LogP contribution in [0.5, 0.6) is 0 Å². The maximum Gasteiger partial charge on any atom is 0.161 e. The SMILES string of the molecule is [B]C([B])(O)c1cc(F)c(F)cc1F. The molecule has 0 saturated carbocycles. The first-order valence-electron chi connectivity index (χ1n) is 3.27. The number of halogens is 3. The van der Waals surface area contributed by atoms with Crippen LogP contribution in [0.15, 0.2) is 12.1 Å². The van der Waals surface area contributed by atoms with Crippen LogP contribution < -0.4 is 0 Å². The first kappa shape index (κ1) is 10.2. The lowest BCUT2D eigenvalue weighted by atomic mass is 9.61. The van der Waals surface area contributed by atoms with E-state index in [0.717, 1.165) is 0 Å². The van der Waals surface area contributed by atoms with Gasteiger partial charge in [0.25, 0.3) is 0 Å². The van der Waals surface area contributed by atoms with Crippen molar-refractivity contribution in [1.82, 2.24) is 0 Å². The summed E-state index contributed by atoms with van der Waals surface area (Å²) in [6.45, 7) is 0. The molecule has 0 aliphatic rings. The van der Waals surface area contributed by atoms with Crippen LogP contribution in [0.25, 0.3) is 0 Å². The van der Waals surface area contributed by atoms with Crippen LogP contribution in [-0.2, 0) is 5.40 Å². The number of rotatable bonds is 1. The highest BCUT2D eigenvalue weighted by Crippen LogP contribution is 2.20. The lowest BCUT2D eigenvalue weighted by Gasteiger charge is -2.19. The second-order valence-electron chi connectivity index (χ2n) is 2.57. The Hall–Kier alpha value is -0.900. The molecular formula is C7H3B2F3O. The van der Waals surface area contributed by atoms with Crippen LogP contribution in [0.2, 0.25) is 0 Å². The van der Waals surface area contributed by atoms with Gasteiger partial charge in [0, 0.05) is 17.0 Å². The van der Waals surface area contributed by atoms with E-state index in [1.54, 1.807) is 0 Å². The molecular weight excluding hydrogens is 179 g/mol. The van der Waals surface area contributed by atoms with E-state index in [-0.39, 0.29) is 6.07 Å². The van der Waals surface area contributed by atoms with Gasteiger partial charge in [0.2, 0.25) is 0 Å². The second kappa shape index (κ2) is 3.10. The molecule has 0 atom stereocenters. The van der Waals surface area contributed by atoms with Gasteiger partial charge in [0.05, 0.1) is 0 Å². The maximum atomic E-state index is 12.8. The molecule has 1 N–H and O–H groups in total. The number of hydrogen-bond acceptors (Lipinski definition) is 1. The predicted molar refractivity (Wildman–Crippen MR) is 41.7 cm³/mol. The Morgan fingerprint density at radius 3 is 1.92 bits per heavy atom. The van der Waals surface area contributed by atoms with Gasteiger partial charge in [-0.15, -0.1) is 0 Å². The maximum absolute atomic E-state index is 12.8. The summed E-state index contributed by atoms with van der Waals surface area (Å²) in [4.78, 5) is 0. The normalized spacial score (nSPS) is 11.7. The Morgan fingerprint density at radius 1 is 1.00 bits per heavy atom. The van der Waals surface area contributed by atoms with E-state index >= 15 is 0 Å². The van der Waals surface area contributed by atoms with Crippen molar-refractivity contribution < 1.29 is 18.3 Å². The molecule has 0 amide bonds. The van der Waals surface area contributed by atoms with Crippen LogP contribution in [0, 0.1) is 17.5 Å². The minimum atomic E-state index is -2.52. The average Bonchev–Trinajstić information content (AvgIpc) is 1.94. The fourth-order valence-corrected chi connectivity index (χ4v) is 0.829. The Kier molecular flexibility index (Phi) is 2.43. The van der Waals surface area contributed by atoms with Crippen molar-refractivity contribution in [2.24, 2.45) is 0 Å². The molecule has 0 fully saturated rings. The van der Waals surface area contributed by atoms with Crippen molar-refractivity contribution in [1.29, 1.82) is 0 Å². The van der Waals surface area contributed by atoms with Crippen LogP contribution in [0.4, 0.5) is 13.2 Å². The smallest absolute Gasteiger partial charge is 0.161 e. The van der Waals surface area contributed by atoms with Gasteiger partial charge in [-0.2, -0.15) is 0 Å². The summed E-state index contributed by atoms with van der Waals surface area (Å²) in [5.74, 6) is -3.90. The highest BCUT2D eigenvalue weighted by molar-refractivity contribution is 6.38. The lowest BCUT2D eigenvalue weighted by molar-refractivity contribution is 0.210. The monoisotopic (exact) mass is 182 g/mol. The molecule has 13 heavy (non-hydrogen) atoms. The van der Waals surface area contributed by atoms with E-state index in [1.807, 2.05) is 0 Å². The molecule has 0 aromatic heterocycles. The third-order valence-corrected chi connectivity index (χ3v) is 1.44.